The van der Waals surface area contributed by atoms with Crippen LogP contribution < -0.4 is 15.1 Å². The van der Waals surface area contributed by atoms with E-state index in [1.165, 1.54) is 11.4 Å². The number of alkyl halides is 3. The summed E-state index contributed by atoms with van der Waals surface area (Å²) in [5, 5.41) is 2.66. The predicted molar refractivity (Wildman–Crippen MR) is 107 cm³/mol. The van der Waals surface area contributed by atoms with Crippen LogP contribution in [0.4, 0.5) is 38.4 Å². The Kier molecular flexibility index (Phi) is 5.41. The van der Waals surface area contributed by atoms with E-state index in [4.69, 9.17) is 11.6 Å². The molecule has 0 saturated carbocycles. The van der Waals surface area contributed by atoms with E-state index in [1.54, 1.807) is 0 Å². The van der Waals surface area contributed by atoms with Gasteiger partial charge in [0.15, 0.2) is 11.5 Å². The Hall–Kier alpha value is -3.06. The Morgan fingerprint density at radius 1 is 1.28 bits per heavy atom. The molecule has 168 valence electrons. The summed E-state index contributed by atoms with van der Waals surface area (Å²) in [4.78, 5) is 34.4. The SMILES string of the molecule is CN(C(=O)C1CNC(=O)N1c1nc(C(F)(F)F)c2ccsc2n1)c1ccc(F)c(Cl)c1F. The Bertz CT molecular complexity index is 1250. The van der Waals surface area contributed by atoms with Crippen molar-refractivity contribution in [3.05, 3.63) is 45.9 Å². The summed E-state index contributed by atoms with van der Waals surface area (Å²) in [6, 6.07) is 0.726. The molecular formula is C18H11ClF5N5O2S. The fourth-order valence-corrected chi connectivity index (χ4v) is 4.13. The van der Waals surface area contributed by atoms with Gasteiger partial charge in [0.2, 0.25) is 5.95 Å². The van der Waals surface area contributed by atoms with Gasteiger partial charge < -0.3 is 10.2 Å². The minimum absolute atomic E-state index is 0.0297. The van der Waals surface area contributed by atoms with Gasteiger partial charge in [-0.3, -0.25) is 4.79 Å². The first kappa shape index (κ1) is 22.1. The van der Waals surface area contributed by atoms with Crippen molar-refractivity contribution in [3.8, 4) is 0 Å². The Balaban J connectivity index is 1.75. The molecule has 4 rings (SSSR count). The van der Waals surface area contributed by atoms with E-state index in [9.17, 15) is 31.5 Å². The van der Waals surface area contributed by atoms with Crippen LogP contribution in [0.2, 0.25) is 5.02 Å². The predicted octanol–water partition coefficient (Wildman–Crippen LogP) is 4.20. The summed E-state index contributed by atoms with van der Waals surface area (Å²) in [7, 11) is 1.15. The number of aromatic nitrogens is 2. The van der Waals surface area contributed by atoms with Crippen molar-refractivity contribution in [2.75, 3.05) is 23.4 Å². The van der Waals surface area contributed by atoms with Gasteiger partial charge in [0.05, 0.1) is 5.69 Å². The number of carbonyl (C=O) groups is 2. The number of halogens is 6. The highest BCUT2D eigenvalue weighted by Crippen LogP contribution is 2.36. The number of fused-ring (bicyclic) bond motifs is 1. The minimum atomic E-state index is -4.84. The number of thiophene rings is 1. The van der Waals surface area contributed by atoms with Gasteiger partial charge in [-0.2, -0.15) is 13.2 Å². The number of hydrogen-bond acceptors (Lipinski definition) is 5. The number of nitrogens with zero attached hydrogens (tertiary/aromatic N) is 4. The van der Waals surface area contributed by atoms with Gasteiger partial charge in [-0.15, -0.1) is 11.3 Å². The lowest BCUT2D eigenvalue weighted by Crippen LogP contribution is -2.47. The van der Waals surface area contributed by atoms with Crippen molar-refractivity contribution in [1.29, 1.82) is 0 Å². The van der Waals surface area contributed by atoms with Gasteiger partial charge in [-0.05, 0) is 23.6 Å². The zero-order valence-electron chi connectivity index (χ0n) is 15.9. The maximum Gasteiger partial charge on any atom is 0.434 e. The third kappa shape index (κ3) is 3.60. The average molecular weight is 492 g/mol. The number of urea groups is 1. The molecule has 1 fully saturated rings. The molecule has 1 aromatic carbocycles. The first-order valence-corrected chi connectivity index (χ1v) is 10.1. The number of rotatable bonds is 3. The molecule has 0 spiro atoms. The van der Waals surface area contributed by atoms with Crippen molar-refractivity contribution >= 4 is 56.7 Å². The lowest BCUT2D eigenvalue weighted by molar-refractivity contribution is -0.139. The molecule has 1 aliphatic rings. The Morgan fingerprint density at radius 2 is 2.00 bits per heavy atom. The van der Waals surface area contributed by atoms with Crippen molar-refractivity contribution in [2.24, 2.45) is 0 Å². The van der Waals surface area contributed by atoms with Gasteiger partial charge in [0.1, 0.15) is 21.7 Å². The first-order valence-electron chi connectivity index (χ1n) is 8.81. The fraction of sp³-hybridized carbons (Fsp3) is 0.222. The second-order valence-electron chi connectivity index (χ2n) is 6.67. The summed E-state index contributed by atoms with van der Waals surface area (Å²) in [5.74, 6) is -3.76. The molecule has 0 bridgehead atoms. The van der Waals surface area contributed by atoms with Gasteiger partial charge in [-0.1, -0.05) is 11.6 Å². The van der Waals surface area contributed by atoms with Crippen LogP contribution in [0.3, 0.4) is 0 Å². The van der Waals surface area contributed by atoms with Gasteiger partial charge in [0.25, 0.3) is 5.91 Å². The van der Waals surface area contributed by atoms with Crippen molar-refractivity contribution < 1.29 is 31.5 Å². The summed E-state index contributed by atoms with van der Waals surface area (Å²) in [5.41, 5.74) is -1.64. The monoisotopic (exact) mass is 491 g/mol. The van der Waals surface area contributed by atoms with E-state index < -0.39 is 52.5 Å². The molecule has 0 aliphatic carbocycles. The van der Waals surface area contributed by atoms with Crippen LogP contribution in [0.1, 0.15) is 5.69 Å². The zero-order chi connectivity index (χ0) is 23.4. The van der Waals surface area contributed by atoms with Crippen molar-refractivity contribution in [1.82, 2.24) is 15.3 Å². The van der Waals surface area contributed by atoms with E-state index in [1.807, 2.05) is 0 Å². The van der Waals surface area contributed by atoms with E-state index in [0.717, 1.165) is 35.4 Å². The molecule has 1 unspecified atom stereocenters. The molecule has 0 radical (unpaired) electrons. The van der Waals surface area contributed by atoms with Crippen molar-refractivity contribution in [3.63, 3.8) is 0 Å². The van der Waals surface area contributed by atoms with Gasteiger partial charge in [-0.25, -0.2) is 28.4 Å². The molecule has 1 saturated heterocycles. The Labute approximate surface area is 185 Å². The summed E-state index contributed by atoms with van der Waals surface area (Å²) in [6.07, 6.45) is -4.84. The van der Waals surface area contributed by atoms with Crippen LogP contribution in [0, 0.1) is 11.6 Å². The third-order valence-electron chi connectivity index (χ3n) is 4.77. The topological polar surface area (TPSA) is 78.4 Å². The largest absolute Gasteiger partial charge is 0.434 e. The van der Waals surface area contributed by atoms with Crippen LogP contribution in [0.15, 0.2) is 23.6 Å². The molecule has 3 aromatic rings. The molecule has 32 heavy (non-hydrogen) atoms. The molecular weight excluding hydrogens is 481 g/mol. The number of amides is 3. The van der Waals surface area contributed by atoms with Crippen LogP contribution in [-0.2, 0) is 11.0 Å². The summed E-state index contributed by atoms with van der Waals surface area (Å²) < 4.78 is 68.4. The number of hydrogen-bond donors (Lipinski definition) is 1. The quantitative estimate of drug-likeness (QED) is 0.440. The Morgan fingerprint density at radius 3 is 2.69 bits per heavy atom. The van der Waals surface area contributed by atoms with E-state index in [2.05, 4.69) is 15.3 Å². The lowest BCUT2D eigenvalue weighted by Gasteiger charge is -2.26. The van der Waals surface area contributed by atoms with E-state index in [0.29, 0.717) is 4.90 Å². The standard InChI is InChI=1S/C18H11ClF5N5O2S/c1-28(9-3-2-8(20)11(19)12(9)21)15(30)10-6-25-17(31)29(10)16-26-13(18(22,23)24)7-4-5-32-14(7)27-16/h2-5,10H,6H2,1H3,(H,25,31). The van der Waals surface area contributed by atoms with E-state index in [-0.39, 0.29) is 22.4 Å². The van der Waals surface area contributed by atoms with Crippen LogP contribution in [0.25, 0.3) is 10.2 Å². The van der Waals surface area contributed by atoms with Crippen LogP contribution in [-0.4, -0.2) is 41.5 Å². The molecule has 2 aromatic heterocycles. The number of anilines is 2. The molecule has 1 atom stereocenters. The number of carbonyl (C=O) groups excluding carboxylic acids is 2. The summed E-state index contributed by atoms with van der Waals surface area (Å²) in [6.45, 7) is -0.300. The fourth-order valence-electron chi connectivity index (χ4n) is 3.21. The lowest BCUT2D eigenvalue weighted by atomic mass is 10.2. The van der Waals surface area contributed by atoms with E-state index >= 15 is 0 Å². The second-order valence-corrected chi connectivity index (χ2v) is 7.95. The first-order chi connectivity index (χ1) is 15.0. The molecule has 7 nitrogen and oxygen atoms in total. The summed E-state index contributed by atoms with van der Waals surface area (Å²) >= 11 is 6.46. The number of nitrogens with one attached hydrogen (secondary N) is 1. The highest BCUT2D eigenvalue weighted by molar-refractivity contribution is 7.16. The number of likely N-dealkylation sites (N-methyl/N-ethyl adjacent to an activating group) is 1. The molecule has 1 N–H and O–H groups in total. The normalized spacial score (nSPS) is 16.5. The molecule has 3 amide bonds. The maximum absolute atomic E-state index is 14.4. The van der Waals surface area contributed by atoms with Crippen molar-refractivity contribution in [2.45, 2.75) is 12.2 Å². The minimum Gasteiger partial charge on any atom is -0.335 e. The maximum atomic E-state index is 14.4. The highest BCUT2D eigenvalue weighted by atomic mass is 35.5. The highest BCUT2D eigenvalue weighted by Gasteiger charge is 2.43. The van der Waals surface area contributed by atoms with Crippen LogP contribution in [0.5, 0.6) is 0 Å². The number of benzene rings is 1. The van der Waals surface area contributed by atoms with Crippen LogP contribution >= 0.6 is 22.9 Å². The van der Waals surface area contributed by atoms with Gasteiger partial charge in [0, 0.05) is 19.0 Å². The zero-order valence-corrected chi connectivity index (χ0v) is 17.4. The third-order valence-corrected chi connectivity index (χ3v) is 5.92. The average Bonchev–Trinajstić information content (AvgIpc) is 3.35. The smallest absolute Gasteiger partial charge is 0.335 e. The molecule has 14 heteroatoms. The van der Waals surface area contributed by atoms with Gasteiger partial charge >= 0.3 is 12.2 Å². The molecule has 1 aliphatic heterocycles. The molecule has 3 heterocycles. The second kappa shape index (κ2) is 7.81.